The smallest absolute Gasteiger partial charge is 0.271 e. The Morgan fingerprint density at radius 2 is 1.86 bits per heavy atom. The first-order valence-corrected chi connectivity index (χ1v) is 4.65. The van der Waals surface area contributed by atoms with Crippen LogP contribution in [-0.2, 0) is 19.6 Å². The fourth-order valence-electron chi connectivity index (χ4n) is 1.85. The highest BCUT2D eigenvalue weighted by Crippen LogP contribution is 2.33. The summed E-state index contributed by atoms with van der Waals surface area (Å²) in [5, 5.41) is 0. The number of hydrogen-bond acceptors (Lipinski definition) is 4. The van der Waals surface area contributed by atoms with Crippen molar-refractivity contribution in [3.63, 3.8) is 0 Å². The van der Waals surface area contributed by atoms with Gasteiger partial charge in [0, 0.05) is 6.20 Å². The van der Waals surface area contributed by atoms with Crippen molar-refractivity contribution in [2.24, 2.45) is 0 Å². The van der Waals surface area contributed by atoms with E-state index in [9.17, 15) is 0 Å². The molecular weight excluding hydrogens is 182 g/mol. The number of hydrogen-bond donors (Lipinski definition) is 0. The van der Waals surface area contributed by atoms with Crippen molar-refractivity contribution < 1.29 is 14.2 Å². The van der Waals surface area contributed by atoms with Gasteiger partial charge in [0.05, 0.1) is 30.9 Å². The molecule has 4 nitrogen and oxygen atoms in total. The SMILES string of the molecule is c1ccc(C23COC(OC2)OC3)nc1. The van der Waals surface area contributed by atoms with Crippen LogP contribution in [0.2, 0.25) is 0 Å². The highest BCUT2D eigenvalue weighted by Gasteiger charge is 2.45. The van der Waals surface area contributed by atoms with Crippen LogP contribution in [0.4, 0.5) is 0 Å². The second-order valence-electron chi connectivity index (χ2n) is 3.72. The molecule has 0 radical (unpaired) electrons. The van der Waals surface area contributed by atoms with Crippen LogP contribution in [0.15, 0.2) is 24.4 Å². The average molecular weight is 193 g/mol. The van der Waals surface area contributed by atoms with Crippen molar-refractivity contribution >= 4 is 0 Å². The van der Waals surface area contributed by atoms with Crippen LogP contribution in [0.3, 0.4) is 0 Å². The lowest BCUT2D eigenvalue weighted by Gasteiger charge is -2.44. The number of rotatable bonds is 1. The molecular formula is C10H11NO3. The van der Waals surface area contributed by atoms with Gasteiger partial charge in [-0.05, 0) is 12.1 Å². The van der Waals surface area contributed by atoms with Crippen molar-refractivity contribution in [2.45, 2.75) is 11.9 Å². The van der Waals surface area contributed by atoms with Gasteiger partial charge in [0.25, 0.3) is 6.48 Å². The Balaban J connectivity index is 1.96. The lowest BCUT2D eigenvalue weighted by Crippen LogP contribution is -2.55. The Morgan fingerprint density at radius 1 is 1.14 bits per heavy atom. The predicted molar refractivity (Wildman–Crippen MR) is 47.6 cm³/mol. The first-order chi connectivity index (χ1) is 6.89. The molecule has 0 atom stereocenters. The fraction of sp³-hybridized carbons (Fsp3) is 0.500. The molecule has 2 bridgehead atoms. The third kappa shape index (κ3) is 1.15. The topological polar surface area (TPSA) is 40.6 Å². The highest BCUT2D eigenvalue weighted by atomic mass is 16.9. The third-order valence-electron chi connectivity index (χ3n) is 2.70. The van der Waals surface area contributed by atoms with Crippen LogP contribution in [0.25, 0.3) is 0 Å². The van der Waals surface area contributed by atoms with Crippen molar-refractivity contribution in [1.29, 1.82) is 0 Å². The van der Waals surface area contributed by atoms with E-state index < -0.39 is 6.48 Å². The molecule has 4 rings (SSSR count). The minimum absolute atomic E-state index is 0.198. The first-order valence-electron chi connectivity index (χ1n) is 4.65. The van der Waals surface area contributed by atoms with Crippen LogP contribution >= 0.6 is 0 Å². The molecule has 0 spiro atoms. The van der Waals surface area contributed by atoms with E-state index in [1.165, 1.54) is 0 Å². The predicted octanol–water partition coefficient (Wildman–Crippen LogP) is 0.680. The monoisotopic (exact) mass is 193 g/mol. The molecule has 4 heteroatoms. The zero-order valence-electron chi connectivity index (χ0n) is 7.68. The normalized spacial score (nSPS) is 35.9. The maximum Gasteiger partial charge on any atom is 0.271 e. The molecule has 1 aromatic rings. The summed E-state index contributed by atoms with van der Waals surface area (Å²) >= 11 is 0. The zero-order chi connectivity index (χ0) is 9.43. The zero-order valence-corrected chi connectivity index (χ0v) is 7.68. The van der Waals surface area contributed by atoms with Gasteiger partial charge in [-0.3, -0.25) is 4.98 Å². The van der Waals surface area contributed by atoms with Gasteiger partial charge in [-0.1, -0.05) is 6.07 Å². The summed E-state index contributed by atoms with van der Waals surface area (Å²) in [7, 11) is 0. The Labute approximate surface area is 81.8 Å². The summed E-state index contributed by atoms with van der Waals surface area (Å²) in [5.41, 5.74) is 0.786. The minimum atomic E-state index is -0.458. The average Bonchev–Trinajstić information content (AvgIpc) is 2.33. The third-order valence-corrected chi connectivity index (χ3v) is 2.70. The summed E-state index contributed by atoms with van der Waals surface area (Å²) in [6.45, 7) is 1.44. The molecule has 3 aliphatic heterocycles. The molecule has 3 aliphatic rings. The molecule has 4 heterocycles. The van der Waals surface area contributed by atoms with E-state index in [-0.39, 0.29) is 5.41 Å². The highest BCUT2D eigenvalue weighted by molar-refractivity contribution is 5.19. The van der Waals surface area contributed by atoms with Crippen LogP contribution < -0.4 is 0 Å². The molecule has 74 valence electrons. The van der Waals surface area contributed by atoms with Crippen LogP contribution in [0, 0.1) is 0 Å². The lowest BCUT2D eigenvalue weighted by molar-refractivity contribution is -0.377. The van der Waals surface area contributed by atoms with Crippen molar-refractivity contribution in [3.05, 3.63) is 30.1 Å². The molecule has 0 aromatic carbocycles. The number of fused-ring (bicyclic) bond motifs is 3. The van der Waals surface area contributed by atoms with Crippen LogP contribution in [0.1, 0.15) is 5.69 Å². The Hall–Kier alpha value is -0.970. The maximum absolute atomic E-state index is 5.35. The molecule has 0 unspecified atom stereocenters. The molecule has 1 aromatic heterocycles. The molecule has 0 N–H and O–H groups in total. The van der Waals surface area contributed by atoms with E-state index in [0.29, 0.717) is 19.8 Å². The van der Waals surface area contributed by atoms with E-state index in [1.807, 2.05) is 18.2 Å². The number of ether oxygens (including phenoxy) is 3. The second-order valence-corrected chi connectivity index (χ2v) is 3.72. The van der Waals surface area contributed by atoms with Gasteiger partial charge in [-0.2, -0.15) is 0 Å². The van der Waals surface area contributed by atoms with Gasteiger partial charge in [0.2, 0.25) is 0 Å². The van der Waals surface area contributed by atoms with Crippen molar-refractivity contribution in [3.8, 4) is 0 Å². The summed E-state index contributed by atoms with van der Waals surface area (Å²) < 4.78 is 16.1. The van der Waals surface area contributed by atoms with Gasteiger partial charge in [0.15, 0.2) is 0 Å². The Bertz CT molecular complexity index is 306. The summed E-state index contributed by atoms with van der Waals surface area (Å²) in [5.74, 6) is 0. The largest absolute Gasteiger partial charge is 0.329 e. The van der Waals surface area contributed by atoms with Gasteiger partial charge in [-0.25, -0.2) is 0 Å². The van der Waals surface area contributed by atoms with E-state index in [4.69, 9.17) is 14.2 Å². The number of aromatic nitrogens is 1. The summed E-state index contributed by atoms with van der Waals surface area (Å²) in [6.07, 6.45) is 1.78. The van der Waals surface area contributed by atoms with Gasteiger partial charge in [0.1, 0.15) is 0 Å². The van der Waals surface area contributed by atoms with Gasteiger partial charge < -0.3 is 14.2 Å². The number of nitrogens with zero attached hydrogens (tertiary/aromatic N) is 1. The minimum Gasteiger partial charge on any atom is -0.329 e. The Kier molecular flexibility index (Phi) is 1.80. The van der Waals surface area contributed by atoms with Crippen LogP contribution in [-0.4, -0.2) is 31.3 Å². The van der Waals surface area contributed by atoms with Crippen molar-refractivity contribution in [1.82, 2.24) is 4.98 Å². The second kappa shape index (κ2) is 3.02. The first kappa shape index (κ1) is 8.35. The molecule has 3 fully saturated rings. The molecule has 3 saturated heterocycles. The fourth-order valence-corrected chi connectivity index (χ4v) is 1.85. The van der Waals surface area contributed by atoms with Crippen LogP contribution in [0.5, 0.6) is 0 Å². The molecule has 0 aliphatic carbocycles. The summed E-state index contributed by atoms with van der Waals surface area (Å²) in [4.78, 5) is 4.33. The number of pyridine rings is 1. The van der Waals surface area contributed by atoms with E-state index in [1.54, 1.807) is 6.20 Å². The molecule has 14 heavy (non-hydrogen) atoms. The van der Waals surface area contributed by atoms with E-state index in [0.717, 1.165) is 5.69 Å². The van der Waals surface area contributed by atoms with Crippen molar-refractivity contribution in [2.75, 3.05) is 19.8 Å². The summed E-state index contributed by atoms with van der Waals surface area (Å²) in [6, 6.07) is 5.86. The van der Waals surface area contributed by atoms with E-state index in [2.05, 4.69) is 4.98 Å². The van der Waals surface area contributed by atoms with E-state index >= 15 is 0 Å². The Morgan fingerprint density at radius 3 is 2.43 bits per heavy atom. The standard InChI is InChI=1S/C10H11NO3/c1-2-4-11-8(3-1)10-5-12-9(13-6-10)14-7-10/h1-4,9H,5-7H2. The lowest BCUT2D eigenvalue weighted by atomic mass is 9.85. The molecule has 0 amide bonds. The van der Waals surface area contributed by atoms with Gasteiger partial charge in [-0.15, -0.1) is 0 Å². The maximum atomic E-state index is 5.35. The van der Waals surface area contributed by atoms with Gasteiger partial charge >= 0.3 is 0 Å². The molecule has 0 saturated carbocycles. The quantitative estimate of drug-likeness (QED) is 0.657.